The lowest BCUT2D eigenvalue weighted by molar-refractivity contribution is -0.132. The average molecular weight is 200 g/mol. The van der Waals surface area contributed by atoms with Crippen molar-refractivity contribution in [1.29, 1.82) is 0 Å². The second kappa shape index (κ2) is 5.32. The molecule has 1 unspecified atom stereocenters. The first-order valence-corrected chi connectivity index (χ1v) is 5.37. The Morgan fingerprint density at radius 3 is 2.93 bits per heavy atom. The highest BCUT2D eigenvalue weighted by atomic mass is 16.3. The van der Waals surface area contributed by atoms with Crippen LogP contribution in [0.25, 0.3) is 0 Å². The summed E-state index contributed by atoms with van der Waals surface area (Å²) in [7, 11) is 0. The number of hydrogen-bond donors (Lipinski definition) is 2. The molecule has 4 nitrogen and oxygen atoms in total. The Bertz CT molecular complexity index is 197. The van der Waals surface area contributed by atoms with Crippen molar-refractivity contribution in [1.82, 2.24) is 4.90 Å². The van der Waals surface area contributed by atoms with Gasteiger partial charge in [0.05, 0.1) is 12.1 Å². The van der Waals surface area contributed by atoms with E-state index < -0.39 is 0 Å². The number of aliphatic hydroxyl groups is 1. The predicted octanol–water partition coefficient (Wildman–Crippen LogP) is 0.0971. The summed E-state index contributed by atoms with van der Waals surface area (Å²) in [5.74, 6) is -0.00463. The SMILES string of the molecule is CCCCC(N)C(=O)N1CC[C@@H](O)C1. The zero-order valence-electron chi connectivity index (χ0n) is 8.78. The van der Waals surface area contributed by atoms with Gasteiger partial charge in [0, 0.05) is 13.1 Å². The van der Waals surface area contributed by atoms with E-state index in [1.165, 1.54) is 0 Å². The fraction of sp³-hybridized carbons (Fsp3) is 0.900. The van der Waals surface area contributed by atoms with Crippen LogP contribution in [-0.2, 0) is 4.79 Å². The normalized spacial score (nSPS) is 23.9. The second-order valence-electron chi connectivity index (χ2n) is 3.98. The molecule has 0 aromatic heterocycles. The monoisotopic (exact) mass is 200 g/mol. The fourth-order valence-corrected chi connectivity index (χ4v) is 1.72. The maximum Gasteiger partial charge on any atom is 0.239 e. The van der Waals surface area contributed by atoms with Gasteiger partial charge in [0.2, 0.25) is 5.91 Å². The smallest absolute Gasteiger partial charge is 0.239 e. The molecule has 1 aliphatic rings. The van der Waals surface area contributed by atoms with Gasteiger partial charge in [-0.2, -0.15) is 0 Å². The van der Waals surface area contributed by atoms with E-state index in [9.17, 15) is 9.90 Å². The summed E-state index contributed by atoms with van der Waals surface area (Å²) in [5, 5.41) is 9.27. The molecule has 3 N–H and O–H groups in total. The average Bonchev–Trinajstić information content (AvgIpc) is 2.60. The van der Waals surface area contributed by atoms with Gasteiger partial charge >= 0.3 is 0 Å². The van der Waals surface area contributed by atoms with Gasteiger partial charge in [-0.15, -0.1) is 0 Å². The number of rotatable bonds is 4. The van der Waals surface area contributed by atoms with E-state index in [2.05, 4.69) is 6.92 Å². The summed E-state index contributed by atoms with van der Waals surface area (Å²) < 4.78 is 0. The van der Waals surface area contributed by atoms with Crippen molar-refractivity contribution in [2.45, 2.75) is 44.8 Å². The third-order valence-corrected chi connectivity index (χ3v) is 2.66. The summed E-state index contributed by atoms with van der Waals surface area (Å²) >= 11 is 0. The first-order valence-electron chi connectivity index (χ1n) is 5.37. The first-order chi connectivity index (χ1) is 6.65. The van der Waals surface area contributed by atoms with Crippen molar-refractivity contribution in [2.24, 2.45) is 5.73 Å². The van der Waals surface area contributed by atoms with Crippen LogP contribution < -0.4 is 5.73 Å². The Morgan fingerprint density at radius 2 is 2.43 bits per heavy atom. The lowest BCUT2D eigenvalue weighted by Crippen LogP contribution is -2.42. The van der Waals surface area contributed by atoms with Gasteiger partial charge in [0.1, 0.15) is 0 Å². The number of nitrogens with two attached hydrogens (primary N) is 1. The Morgan fingerprint density at radius 1 is 1.71 bits per heavy atom. The molecule has 0 bridgehead atoms. The molecular formula is C10H20N2O2. The Kier molecular flexibility index (Phi) is 4.35. The molecule has 0 radical (unpaired) electrons. The quantitative estimate of drug-likeness (QED) is 0.676. The van der Waals surface area contributed by atoms with Gasteiger partial charge in [0.25, 0.3) is 0 Å². The van der Waals surface area contributed by atoms with Crippen LogP contribution in [0.15, 0.2) is 0 Å². The molecule has 1 amide bonds. The second-order valence-corrected chi connectivity index (χ2v) is 3.98. The predicted molar refractivity (Wildman–Crippen MR) is 54.7 cm³/mol. The summed E-state index contributed by atoms with van der Waals surface area (Å²) in [5.41, 5.74) is 5.76. The highest BCUT2D eigenvalue weighted by Gasteiger charge is 2.27. The zero-order chi connectivity index (χ0) is 10.6. The van der Waals surface area contributed by atoms with Crippen molar-refractivity contribution in [3.8, 4) is 0 Å². The molecule has 0 aliphatic carbocycles. The van der Waals surface area contributed by atoms with Crippen molar-refractivity contribution in [2.75, 3.05) is 13.1 Å². The topological polar surface area (TPSA) is 66.6 Å². The molecule has 1 aliphatic heterocycles. The third kappa shape index (κ3) is 2.96. The van der Waals surface area contributed by atoms with Crippen molar-refractivity contribution >= 4 is 5.91 Å². The number of β-amino-alcohol motifs (C(OH)–C–C–N with tert-alkyl or cyclic N) is 1. The van der Waals surface area contributed by atoms with Gasteiger partial charge in [-0.1, -0.05) is 19.8 Å². The molecule has 82 valence electrons. The lowest BCUT2D eigenvalue weighted by Gasteiger charge is -2.20. The minimum atomic E-state index is -0.375. The van der Waals surface area contributed by atoms with Crippen molar-refractivity contribution in [3.63, 3.8) is 0 Å². The van der Waals surface area contributed by atoms with Crippen LogP contribution in [-0.4, -0.2) is 41.1 Å². The number of likely N-dealkylation sites (tertiary alicyclic amines) is 1. The fourth-order valence-electron chi connectivity index (χ4n) is 1.72. The summed E-state index contributed by atoms with van der Waals surface area (Å²) in [4.78, 5) is 13.4. The molecule has 1 fully saturated rings. The maximum atomic E-state index is 11.7. The lowest BCUT2D eigenvalue weighted by atomic mass is 10.1. The highest BCUT2D eigenvalue weighted by Crippen LogP contribution is 2.11. The molecule has 4 heteroatoms. The molecule has 1 saturated heterocycles. The molecule has 0 aromatic carbocycles. The van der Waals surface area contributed by atoms with Crippen LogP contribution in [0.1, 0.15) is 32.6 Å². The number of carbonyl (C=O) groups excluding carboxylic acids is 1. The molecule has 1 heterocycles. The minimum absolute atomic E-state index is 0.00463. The number of nitrogens with zero attached hydrogens (tertiary/aromatic N) is 1. The van der Waals surface area contributed by atoms with Gasteiger partial charge in [-0.3, -0.25) is 4.79 Å². The summed E-state index contributed by atoms with van der Waals surface area (Å²) in [6.07, 6.45) is 3.14. The molecule has 1 rings (SSSR count). The number of aliphatic hydroxyl groups excluding tert-OH is 1. The molecule has 0 saturated carbocycles. The Hall–Kier alpha value is -0.610. The van der Waals surface area contributed by atoms with Gasteiger partial charge in [0.15, 0.2) is 0 Å². The Labute approximate surface area is 85.1 Å². The van der Waals surface area contributed by atoms with Crippen molar-refractivity contribution < 1.29 is 9.90 Å². The largest absolute Gasteiger partial charge is 0.391 e. The van der Waals surface area contributed by atoms with E-state index in [-0.39, 0.29) is 18.1 Å². The number of carbonyl (C=O) groups is 1. The van der Waals surface area contributed by atoms with E-state index in [1.807, 2.05) is 0 Å². The molecule has 0 aromatic rings. The van der Waals surface area contributed by atoms with E-state index >= 15 is 0 Å². The highest BCUT2D eigenvalue weighted by molar-refractivity contribution is 5.81. The third-order valence-electron chi connectivity index (χ3n) is 2.66. The number of amides is 1. The Balaban J connectivity index is 2.32. The van der Waals surface area contributed by atoms with Crippen LogP contribution >= 0.6 is 0 Å². The molecule has 2 atom stereocenters. The van der Waals surface area contributed by atoms with E-state index in [4.69, 9.17) is 5.73 Å². The van der Waals surface area contributed by atoms with Crippen LogP contribution in [0, 0.1) is 0 Å². The van der Waals surface area contributed by atoms with E-state index in [0.717, 1.165) is 19.3 Å². The standard InChI is InChI=1S/C10H20N2O2/c1-2-3-4-9(11)10(14)12-6-5-8(13)7-12/h8-9,13H,2-7,11H2,1H3/t8-,9?/m1/s1. The van der Waals surface area contributed by atoms with E-state index in [1.54, 1.807) is 4.90 Å². The first kappa shape index (κ1) is 11.5. The van der Waals surface area contributed by atoms with Gasteiger partial charge in [-0.05, 0) is 12.8 Å². The number of unbranched alkanes of at least 4 members (excludes halogenated alkanes) is 1. The number of hydrogen-bond acceptors (Lipinski definition) is 3. The van der Waals surface area contributed by atoms with E-state index in [0.29, 0.717) is 19.5 Å². The van der Waals surface area contributed by atoms with Gasteiger partial charge in [-0.25, -0.2) is 0 Å². The summed E-state index contributed by atoms with van der Waals surface area (Å²) in [6, 6.07) is -0.375. The molecule has 14 heavy (non-hydrogen) atoms. The van der Waals surface area contributed by atoms with Crippen LogP contribution in [0.2, 0.25) is 0 Å². The van der Waals surface area contributed by atoms with Crippen LogP contribution in [0.4, 0.5) is 0 Å². The maximum absolute atomic E-state index is 11.7. The molecule has 0 spiro atoms. The molecular weight excluding hydrogens is 180 g/mol. The van der Waals surface area contributed by atoms with Gasteiger partial charge < -0.3 is 15.7 Å². The summed E-state index contributed by atoms with van der Waals surface area (Å²) in [6.45, 7) is 3.19. The van der Waals surface area contributed by atoms with Crippen LogP contribution in [0.5, 0.6) is 0 Å². The van der Waals surface area contributed by atoms with Crippen molar-refractivity contribution in [3.05, 3.63) is 0 Å². The van der Waals surface area contributed by atoms with Crippen LogP contribution in [0.3, 0.4) is 0 Å². The minimum Gasteiger partial charge on any atom is -0.391 e. The zero-order valence-corrected chi connectivity index (χ0v) is 8.78.